The molecule has 0 unspecified atom stereocenters. The molecule has 3 aromatic rings. The maximum atomic E-state index is 13.1. The number of halogens is 6. The van der Waals surface area contributed by atoms with Crippen LogP contribution in [-0.4, -0.2) is 26.2 Å². The molecular weight excluding hydrogens is 412 g/mol. The third kappa shape index (κ3) is 3.99. The monoisotopic (exact) mass is 427 g/mol. The smallest absolute Gasteiger partial charge is 0.330 e. The van der Waals surface area contributed by atoms with Gasteiger partial charge in [-0.3, -0.25) is 4.79 Å². The van der Waals surface area contributed by atoms with Crippen molar-refractivity contribution in [1.82, 2.24) is 14.3 Å². The number of carbonyl (C=O) groups excluding carboxylic acids is 1. The summed E-state index contributed by atoms with van der Waals surface area (Å²) in [7, 11) is 0. The zero-order chi connectivity index (χ0) is 21.7. The third-order valence-electron chi connectivity index (χ3n) is 4.91. The van der Waals surface area contributed by atoms with Crippen molar-refractivity contribution in [2.24, 2.45) is 0 Å². The van der Waals surface area contributed by atoms with E-state index < -0.39 is 35.0 Å². The van der Waals surface area contributed by atoms with Gasteiger partial charge in [-0.05, 0) is 43.2 Å². The molecule has 0 atom stereocenters. The molecule has 1 aliphatic carbocycles. The molecule has 1 amide bonds. The first-order chi connectivity index (χ1) is 14.0. The van der Waals surface area contributed by atoms with E-state index in [1.807, 2.05) is 0 Å². The summed E-state index contributed by atoms with van der Waals surface area (Å²) in [6, 6.07) is 6.00. The van der Waals surface area contributed by atoms with E-state index in [2.05, 4.69) is 4.98 Å². The Morgan fingerprint density at radius 3 is 2.23 bits per heavy atom. The number of pyridine rings is 1. The summed E-state index contributed by atoms with van der Waals surface area (Å²) in [5, 5.41) is 0. The van der Waals surface area contributed by atoms with Gasteiger partial charge in [-0.2, -0.15) is 26.3 Å². The maximum absolute atomic E-state index is 13.1. The van der Waals surface area contributed by atoms with Crippen molar-refractivity contribution in [1.29, 1.82) is 0 Å². The molecule has 1 saturated carbocycles. The lowest BCUT2D eigenvalue weighted by atomic mass is 10.0. The molecule has 1 aromatic carbocycles. The molecule has 2 aromatic heterocycles. The van der Waals surface area contributed by atoms with Crippen molar-refractivity contribution in [3.05, 3.63) is 71.2 Å². The SMILES string of the molecule is O=C(c1cc(C(F)(F)F)cc(C(F)(F)F)c1)N(Cc1cnc2ccccn12)C1CC1. The minimum Gasteiger partial charge on any atom is -0.330 e. The number of rotatable bonds is 4. The van der Waals surface area contributed by atoms with Crippen LogP contribution in [0.5, 0.6) is 0 Å². The van der Waals surface area contributed by atoms with Gasteiger partial charge in [0.2, 0.25) is 0 Å². The first-order valence-electron chi connectivity index (χ1n) is 9.05. The number of alkyl halides is 6. The molecule has 0 spiro atoms. The summed E-state index contributed by atoms with van der Waals surface area (Å²) in [6.45, 7) is 0.0201. The molecule has 2 heterocycles. The molecule has 0 radical (unpaired) electrons. The van der Waals surface area contributed by atoms with Crippen molar-refractivity contribution < 1.29 is 31.1 Å². The van der Waals surface area contributed by atoms with Crippen LogP contribution in [0.15, 0.2) is 48.8 Å². The van der Waals surface area contributed by atoms with E-state index in [9.17, 15) is 31.1 Å². The van der Waals surface area contributed by atoms with Gasteiger partial charge in [0, 0.05) is 17.8 Å². The van der Waals surface area contributed by atoms with Gasteiger partial charge in [0.15, 0.2) is 0 Å². The lowest BCUT2D eigenvalue weighted by Crippen LogP contribution is -2.33. The minimum atomic E-state index is -5.01. The van der Waals surface area contributed by atoms with Crippen LogP contribution < -0.4 is 0 Å². The average Bonchev–Trinajstić information content (AvgIpc) is 3.44. The molecule has 4 nitrogen and oxygen atoms in total. The number of nitrogens with zero attached hydrogens (tertiary/aromatic N) is 3. The van der Waals surface area contributed by atoms with E-state index in [0.29, 0.717) is 36.3 Å². The van der Waals surface area contributed by atoms with Crippen LogP contribution in [0.2, 0.25) is 0 Å². The maximum Gasteiger partial charge on any atom is 0.416 e. The number of fused-ring (bicyclic) bond motifs is 1. The standard InChI is InChI=1S/C20H15F6N3O/c21-19(22,23)13-7-12(8-14(9-13)20(24,25)26)18(30)29(15-4-5-15)11-16-10-27-17-3-1-2-6-28(16)17/h1-3,6-10,15H,4-5,11H2. The molecule has 0 aliphatic heterocycles. The normalized spacial score (nSPS) is 14.9. The topological polar surface area (TPSA) is 37.6 Å². The van der Waals surface area contributed by atoms with E-state index in [0.717, 1.165) is 0 Å². The summed E-state index contributed by atoms with van der Waals surface area (Å²) in [6.07, 6.45) is -5.50. The van der Waals surface area contributed by atoms with Crippen LogP contribution in [0, 0.1) is 0 Å². The summed E-state index contributed by atoms with van der Waals surface area (Å²) >= 11 is 0. The van der Waals surface area contributed by atoms with Crippen LogP contribution in [0.1, 0.15) is 40.0 Å². The Morgan fingerprint density at radius 2 is 1.67 bits per heavy atom. The van der Waals surface area contributed by atoms with E-state index in [1.54, 1.807) is 28.8 Å². The first-order valence-corrected chi connectivity index (χ1v) is 9.05. The number of hydrogen-bond acceptors (Lipinski definition) is 2. The second kappa shape index (κ2) is 7.03. The summed E-state index contributed by atoms with van der Waals surface area (Å²) in [4.78, 5) is 18.5. The van der Waals surface area contributed by atoms with Gasteiger partial charge < -0.3 is 9.30 Å². The van der Waals surface area contributed by atoms with Crippen LogP contribution in [0.3, 0.4) is 0 Å². The molecule has 0 N–H and O–H groups in total. The van der Waals surface area contributed by atoms with Crippen LogP contribution >= 0.6 is 0 Å². The molecule has 1 fully saturated rings. The van der Waals surface area contributed by atoms with Gasteiger partial charge in [-0.1, -0.05) is 6.07 Å². The highest BCUT2D eigenvalue weighted by Gasteiger charge is 2.39. The number of amides is 1. The molecular formula is C20H15F6N3O. The molecule has 10 heteroatoms. The van der Waals surface area contributed by atoms with Gasteiger partial charge in [0.05, 0.1) is 29.6 Å². The number of benzene rings is 1. The Kier molecular flexibility index (Phi) is 4.74. The quantitative estimate of drug-likeness (QED) is 0.539. The predicted molar refractivity (Wildman–Crippen MR) is 94.5 cm³/mol. The molecule has 1 aliphatic rings. The van der Waals surface area contributed by atoms with Gasteiger partial charge in [-0.15, -0.1) is 0 Å². The van der Waals surface area contributed by atoms with Gasteiger partial charge in [0.25, 0.3) is 5.91 Å². The van der Waals surface area contributed by atoms with Crippen molar-refractivity contribution in [3.8, 4) is 0 Å². The van der Waals surface area contributed by atoms with E-state index in [4.69, 9.17) is 0 Å². The van der Waals surface area contributed by atoms with Crippen molar-refractivity contribution >= 4 is 11.6 Å². The predicted octanol–water partition coefficient (Wildman–Crippen LogP) is 5.18. The Bertz CT molecular complexity index is 1070. The van der Waals surface area contributed by atoms with E-state index in [-0.39, 0.29) is 18.7 Å². The highest BCUT2D eigenvalue weighted by molar-refractivity contribution is 5.95. The van der Waals surface area contributed by atoms with Crippen LogP contribution in [0.25, 0.3) is 5.65 Å². The lowest BCUT2D eigenvalue weighted by Gasteiger charge is -2.23. The van der Waals surface area contributed by atoms with Crippen molar-refractivity contribution in [2.75, 3.05) is 0 Å². The summed E-state index contributed by atoms with van der Waals surface area (Å²) < 4.78 is 80.6. The summed E-state index contributed by atoms with van der Waals surface area (Å²) in [5.74, 6) is -0.875. The third-order valence-corrected chi connectivity index (χ3v) is 4.91. The van der Waals surface area contributed by atoms with Gasteiger partial charge >= 0.3 is 12.4 Å². The molecule has 158 valence electrons. The lowest BCUT2D eigenvalue weighted by molar-refractivity contribution is -0.143. The van der Waals surface area contributed by atoms with Crippen LogP contribution in [-0.2, 0) is 18.9 Å². The summed E-state index contributed by atoms with van der Waals surface area (Å²) in [5.41, 5.74) is -2.43. The van der Waals surface area contributed by atoms with E-state index in [1.165, 1.54) is 11.1 Å². The molecule has 0 saturated heterocycles. The average molecular weight is 427 g/mol. The second-order valence-electron chi connectivity index (χ2n) is 7.14. The number of aromatic nitrogens is 2. The highest BCUT2D eigenvalue weighted by Crippen LogP contribution is 2.37. The zero-order valence-electron chi connectivity index (χ0n) is 15.3. The number of imidazole rings is 1. The largest absolute Gasteiger partial charge is 0.416 e. The van der Waals surface area contributed by atoms with Crippen molar-refractivity contribution in [2.45, 2.75) is 37.8 Å². The fourth-order valence-corrected chi connectivity index (χ4v) is 3.27. The molecule has 4 rings (SSSR count). The Hall–Kier alpha value is -3.04. The fraction of sp³-hybridized carbons (Fsp3) is 0.300. The van der Waals surface area contributed by atoms with Crippen LogP contribution in [0.4, 0.5) is 26.3 Å². The number of carbonyl (C=O) groups is 1. The van der Waals surface area contributed by atoms with Gasteiger partial charge in [0.1, 0.15) is 5.65 Å². The highest BCUT2D eigenvalue weighted by atomic mass is 19.4. The minimum absolute atomic E-state index is 0.0166. The molecule has 0 bridgehead atoms. The van der Waals surface area contributed by atoms with Crippen molar-refractivity contribution in [3.63, 3.8) is 0 Å². The second-order valence-corrected chi connectivity index (χ2v) is 7.14. The Labute approximate surface area is 166 Å². The fourth-order valence-electron chi connectivity index (χ4n) is 3.27. The van der Waals surface area contributed by atoms with Gasteiger partial charge in [-0.25, -0.2) is 4.98 Å². The Balaban J connectivity index is 1.72. The van der Waals surface area contributed by atoms with E-state index >= 15 is 0 Å². The first kappa shape index (κ1) is 20.2. The molecule has 30 heavy (non-hydrogen) atoms. The number of hydrogen-bond donors (Lipinski definition) is 0. The zero-order valence-corrected chi connectivity index (χ0v) is 15.3. The Morgan fingerprint density at radius 1 is 1.03 bits per heavy atom.